The number of rotatable bonds is 4. The summed E-state index contributed by atoms with van der Waals surface area (Å²) in [5, 5.41) is 10.7. The van der Waals surface area contributed by atoms with Crippen molar-refractivity contribution in [3.8, 4) is 11.8 Å². The zero-order valence-electron chi connectivity index (χ0n) is 10.2. The van der Waals surface area contributed by atoms with E-state index in [1.807, 2.05) is 17.5 Å². The van der Waals surface area contributed by atoms with Crippen LogP contribution in [0.2, 0.25) is 0 Å². The largest absolute Gasteiger partial charge is 0.395 e. The lowest BCUT2D eigenvalue weighted by Gasteiger charge is -1.99. The summed E-state index contributed by atoms with van der Waals surface area (Å²) in [6.45, 7) is 0.0966. The fourth-order valence-electron chi connectivity index (χ4n) is 1.45. The molecule has 0 fully saturated rings. The van der Waals surface area contributed by atoms with Gasteiger partial charge in [-0.05, 0) is 24.3 Å². The predicted molar refractivity (Wildman–Crippen MR) is 78.9 cm³/mol. The van der Waals surface area contributed by atoms with Crippen LogP contribution in [0.1, 0.15) is 16.9 Å². The molecule has 0 bridgehead atoms. The molecule has 2 aromatic rings. The second kappa shape index (κ2) is 7.34. The van der Waals surface area contributed by atoms with Crippen molar-refractivity contribution >= 4 is 23.1 Å². The molecule has 0 radical (unpaired) electrons. The zero-order chi connectivity index (χ0) is 13.5. The van der Waals surface area contributed by atoms with Crippen molar-refractivity contribution in [2.45, 2.75) is 17.1 Å². The molecule has 0 amide bonds. The number of hydrogen-bond acceptors (Lipinski definition) is 3. The second-order valence-corrected chi connectivity index (χ2v) is 5.87. The van der Waals surface area contributed by atoms with E-state index < -0.39 is 0 Å². The summed E-state index contributed by atoms with van der Waals surface area (Å²) in [6.07, 6.45) is 0.503. The van der Waals surface area contributed by atoms with Gasteiger partial charge in [0, 0.05) is 32.9 Å². The Morgan fingerprint density at radius 3 is 3.00 bits per heavy atom. The van der Waals surface area contributed by atoms with Gasteiger partial charge in [-0.3, -0.25) is 0 Å². The maximum Gasteiger partial charge on any atom is 0.124 e. The van der Waals surface area contributed by atoms with E-state index in [0.29, 0.717) is 6.42 Å². The lowest BCUT2D eigenvalue weighted by atomic mass is 10.3. The van der Waals surface area contributed by atoms with Crippen LogP contribution in [0.15, 0.2) is 40.6 Å². The average molecular weight is 292 g/mol. The summed E-state index contributed by atoms with van der Waals surface area (Å²) in [5.41, 5.74) is 0.980. The molecule has 4 heteroatoms. The third kappa shape index (κ3) is 4.71. The van der Waals surface area contributed by atoms with Crippen LogP contribution in [0.4, 0.5) is 4.39 Å². The molecule has 0 saturated carbocycles. The highest BCUT2D eigenvalue weighted by molar-refractivity contribution is 7.98. The Bertz CT molecular complexity index is 595. The van der Waals surface area contributed by atoms with Crippen LogP contribution in [0.25, 0.3) is 0 Å². The summed E-state index contributed by atoms with van der Waals surface area (Å²) in [5.74, 6) is 6.51. The van der Waals surface area contributed by atoms with Crippen LogP contribution < -0.4 is 0 Å². The normalized spacial score (nSPS) is 10.0. The van der Waals surface area contributed by atoms with Crippen LogP contribution in [0.5, 0.6) is 0 Å². The highest BCUT2D eigenvalue weighted by Crippen LogP contribution is 2.26. The number of thiophene rings is 1. The minimum absolute atomic E-state index is 0.0966. The third-order valence-electron chi connectivity index (χ3n) is 2.30. The summed E-state index contributed by atoms with van der Waals surface area (Å²) in [4.78, 5) is 2.14. The zero-order valence-corrected chi connectivity index (χ0v) is 11.9. The SMILES string of the molecule is OCCC#Cc1csc(CSc2cccc(F)c2)c1. The van der Waals surface area contributed by atoms with Gasteiger partial charge < -0.3 is 5.11 Å². The van der Waals surface area contributed by atoms with Gasteiger partial charge in [0.1, 0.15) is 5.82 Å². The molecule has 98 valence electrons. The fourth-order valence-corrected chi connectivity index (χ4v) is 3.27. The Morgan fingerprint density at radius 1 is 1.32 bits per heavy atom. The molecule has 1 nitrogen and oxygen atoms in total. The van der Waals surface area contributed by atoms with Gasteiger partial charge in [-0.2, -0.15) is 0 Å². The van der Waals surface area contributed by atoms with E-state index in [-0.39, 0.29) is 12.4 Å². The monoisotopic (exact) mass is 292 g/mol. The van der Waals surface area contributed by atoms with Gasteiger partial charge in [-0.25, -0.2) is 4.39 Å². The minimum Gasteiger partial charge on any atom is -0.395 e. The van der Waals surface area contributed by atoms with Gasteiger partial charge in [0.2, 0.25) is 0 Å². The number of thioether (sulfide) groups is 1. The molecule has 1 aromatic heterocycles. The van der Waals surface area contributed by atoms with Gasteiger partial charge in [0.25, 0.3) is 0 Å². The van der Waals surface area contributed by atoms with Crippen molar-refractivity contribution in [2.24, 2.45) is 0 Å². The number of halogens is 1. The Hall–Kier alpha value is -1.28. The molecule has 0 aliphatic rings. The lowest BCUT2D eigenvalue weighted by Crippen LogP contribution is -1.78. The van der Waals surface area contributed by atoms with E-state index in [1.54, 1.807) is 35.2 Å². The van der Waals surface area contributed by atoms with E-state index >= 15 is 0 Å². The molecular formula is C15H13FOS2. The third-order valence-corrected chi connectivity index (χ3v) is 4.46. The van der Waals surface area contributed by atoms with E-state index in [2.05, 4.69) is 11.8 Å². The molecular weight excluding hydrogens is 279 g/mol. The number of aliphatic hydroxyl groups is 1. The minimum atomic E-state index is -0.202. The molecule has 0 saturated heterocycles. The van der Waals surface area contributed by atoms with Gasteiger partial charge in [0.05, 0.1) is 6.61 Å². The topological polar surface area (TPSA) is 20.2 Å². The maximum atomic E-state index is 13.0. The van der Waals surface area contributed by atoms with E-state index in [0.717, 1.165) is 16.2 Å². The molecule has 0 atom stereocenters. The molecule has 1 heterocycles. The molecule has 1 aromatic carbocycles. The maximum absolute atomic E-state index is 13.0. The van der Waals surface area contributed by atoms with Crippen LogP contribution in [-0.2, 0) is 5.75 Å². The Morgan fingerprint density at radius 2 is 2.21 bits per heavy atom. The Balaban J connectivity index is 1.92. The van der Waals surface area contributed by atoms with Gasteiger partial charge in [-0.1, -0.05) is 17.9 Å². The molecule has 19 heavy (non-hydrogen) atoms. The van der Waals surface area contributed by atoms with Crippen molar-refractivity contribution in [2.75, 3.05) is 6.61 Å². The van der Waals surface area contributed by atoms with Crippen molar-refractivity contribution in [1.82, 2.24) is 0 Å². The smallest absolute Gasteiger partial charge is 0.124 e. The van der Waals surface area contributed by atoms with Crippen LogP contribution in [0, 0.1) is 17.7 Å². The highest BCUT2D eigenvalue weighted by Gasteiger charge is 2.01. The van der Waals surface area contributed by atoms with Gasteiger partial charge >= 0.3 is 0 Å². The first kappa shape index (κ1) is 14.1. The molecule has 0 spiro atoms. The number of benzene rings is 1. The Kier molecular flexibility index (Phi) is 5.46. The summed E-state index contributed by atoms with van der Waals surface area (Å²) in [6, 6.07) is 8.66. The second-order valence-electron chi connectivity index (χ2n) is 3.82. The summed E-state index contributed by atoms with van der Waals surface area (Å²) < 4.78 is 13.0. The first-order chi connectivity index (χ1) is 9.28. The molecule has 0 unspecified atom stereocenters. The van der Waals surface area contributed by atoms with Gasteiger partial charge in [-0.15, -0.1) is 23.1 Å². The van der Waals surface area contributed by atoms with E-state index in [1.165, 1.54) is 10.9 Å². The fraction of sp³-hybridized carbons (Fsp3) is 0.200. The van der Waals surface area contributed by atoms with Crippen molar-refractivity contribution in [1.29, 1.82) is 0 Å². The molecule has 1 N–H and O–H groups in total. The van der Waals surface area contributed by atoms with Crippen molar-refractivity contribution < 1.29 is 9.50 Å². The average Bonchev–Trinajstić information content (AvgIpc) is 2.85. The van der Waals surface area contributed by atoms with Gasteiger partial charge in [0.15, 0.2) is 0 Å². The van der Waals surface area contributed by atoms with E-state index in [4.69, 9.17) is 5.11 Å². The highest BCUT2D eigenvalue weighted by atomic mass is 32.2. The van der Waals surface area contributed by atoms with Crippen LogP contribution >= 0.6 is 23.1 Å². The predicted octanol–water partition coefficient (Wildman–Crippen LogP) is 3.91. The first-order valence-corrected chi connectivity index (χ1v) is 7.70. The number of aliphatic hydroxyl groups excluding tert-OH is 1. The summed E-state index contributed by atoms with van der Waals surface area (Å²) in [7, 11) is 0. The Labute approximate surface area is 120 Å². The summed E-state index contributed by atoms with van der Waals surface area (Å²) >= 11 is 3.26. The molecule has 2 rings (SSSR count). The lowest BCUT2D eigenvalue weighted by molar-refractivity contribution is 0.305. The van der Waals surface area contributed by atoms with Crippen molar-refractivity contribution in [3.63, 3.8) is 0 Å². The molecule has 0 aliphatic carbocycles. The molecule has 0 aliphatic heterocycles. The van der Waals surface area contributed by atoms with Crippen molar-refractivity contribution in [3.05, 3.63) is 52.0 Å². The standard InChI is InChI=1S/C15H13FOS2/c16-13-5-3-6-14(9-13)19-11-15-8-12(10-18-15)4-1-2-7-17/h3,5-6,8-10,17H,2,7,11H2. The number of hydrogen-bond donors (Lipinski definition) is 1. The van der Waals surface area contributed by atoms with E-state index in [9.17, 15) is 4.39 Å². The van der Waals surface area contributed by atoms with Crippen LogP contribution in [-0.4, -0.2) is 11.7 Å². The first-order valence-electron chi connectivity index (χ1n) is 5.83. The quantitative estimate of drug-likeness (QED) is 0.681. The van der Waals surface area contributed by atoms with Crippen LogP contribution in [0.3, 0.4) is 0 Å².